The summed E-state index contributed by atoms with van der Waals surface area (Å²) in [6, 6.07) is 7.63. The Kier molecular flexibility index (Phi) is 4.22. The van der Waals surface area contributed by atoms with E-state index in [1.54, 1.807) is 0 Å². The summed E-state index contributed by atoms with van der Waals surface area (Å²) >= 11 is 0. The molecule has 102 valence electrons. The number of H-pyrrole nitrogens is 1. The molecule has 4 N–H and O–H groups in total. The Morgan fingerprint density at radius 2 is 2.16 bits per heavy atom. The third-order valence-electron chi connectivity index (χ3n) is 3.22. The van der Waals surface area contributed by atoms with Crippen LogP contribution in [0.3, 0.4) is 0 Å². The number of benzene rings is 1. The number of aromatic amines is 1. The van der Waals surface area contributed by atoms with Crippen molar-refractivity contribution in [1.82, 2.24) is 10.3 Å². The van der Waals surface area contributed by atoms with E-state index in [1.807, 2.05) is 30.5 Å². The maximum atomic E-state index is 12.3. The molecule has 1 heterocycles. The Labute approximate surface area is 113 Å². The molecule has 0 fully saturated rings. The normalized spacial score (nSPS) is 12.8. The van der Waals surface area contributed by atoms with Crippen LogP contribution in [0.1, 0.15) is 30.6 Å². The molecule has 2 aromatic rings. The predicted octanol–water partition coefficient (Wildman–Crippen LogP) is 2.27. The third kappa shape index (κ3) is 3.15. The number of amides is 1. The van der Waals surface area contributed by atoms with Gasteiger partial charge >= 0.3 is 0 Å². The van der Waals surface area contributed by atoms with Crippen molar-refractivity contribution in [3.8, 4) is 0 Å². The molecule has 19 heavy (non-hydrogen) atoms. The third-order valence-corrected chi connectivity index (χ3v) is 3.22. The van der Waals surface area contributed by atoms with E-state index in [-0.39, 0.29) is 11.9 Å². The van der Waals surface area contributed by atoms with Gasteiger partial charge in [0.05, 0.1) is 0 Å². The van der Waals surface area contributed by atoms with E-state index in [0.717, 1.165) is 17.3 Å². The molecular weight excluding hydrogens is 238 g/mol. The van der Waals surface area contributed by atoms with Gasteiger partial charge in [-0.3, -0.25) is 4.79 Å². The Morgan fingerprint density at radius 1 is 1.37 bits per heavy atom. The van der Waals surface area contributed by atoms with Gasteiger partial charge in [-0.2, -0.15) is 0 Å². The fraction of sp³-hybridized carbons (Fsp3) is 0.400. The maximum absolute atomic E-state index is 12.3. The standard InChI is InChI=1S/C15H21N3O/c1-10(2)8-11(9-16)18-15(19)13-4-3-5-14-12(13)6-7-17-14/h3-7,10-11,17H,8-9,16H2,1-2H3,(H,18,19). The molecule has 0 radical (unpaired) electrons. The predicted molar refractivity (Wildman–Crippen MR) is 78.1 cm³/mol. The molecule has 0 saturated carbocycles. The zero-order chi connectivity index (χ0) is 13.8. The Bertz CT molecular complexity index is 559. The highest BCUT2D eigenvalue weighted by molar-refractivity contribution is 6.06. The minimum atomic E-state index is -0.0544. The first-order chi connectivity index (χ1) is 9.11. The van der Waals surface area contributed by atoms with Crippen LogP contribution in [-0.2, 0) is 0 Å². The number of hydrogen-bond donors (Lipinski definition) is 3. The Morgan fingerprint density at radius 3 is 2.84 bits per heavy atom. The first-order valence-corrected chi connectivity index (χ1v) is 6.69. The highest BCUT2D eigenvalue weighted by atomic mass is 16.1. The molecule has 0 saturated heterocycles. The van der Waals surface area contributed by atoms with E-state index >= 15 is 0 Å². The quantitative estimate of drug-likeness (QED) is 0.771. The minimum Gasteiger partial charge on any atom is -0.361 e. The average Bonchev–Trinajstić information content (AvgIpc) is 2.85. The van der Waals surface area contributed by atoms with Crippen molar-refractivity contribution >= 4 is 16.8 Å². The molecule has 2 rings (SSSR count). The molecular formula is C15H21N3O. The number of carbonyl (C=O) groups excluding carboxylic acids is 1. The molecule has 1 unspecified atom stereocenters. The molecule has 0 aliphatic heterocycles. The summed E-state index contributed by atoms with van der Waals surface area (Å²) in [7, 11) is 0. The van der Waals surface area contributed by atoms with E-state index in [9.17, 15) is 4.79 Å². The monoisotopic (exact) mass is 259 g/mol. The molecule has 4 nitrogen and oxygen atoms in total. The number of rotatable bonds is 5. The zero-order valence-corrected chi connectivity index (χ0v) is 11.4. The van der Waals surface area contributed by atoms with Crippen molar-refractivity contribution in [3.05, 3.63) is 36.0 Å². The van der Waals surface area contributed by atoms with Gasteiger partial charge in [0.25, 0.3) is 5.91 Å². The van der Waals surface area contributed by atoms with Crippen LogP contribution < -0.4 is 11.1 Å². The zero-order valence-electron chi connectivity index (χ0n) is 11.4. The molecule has 1 amide bonds. The van der Waals surface area contributed by atoms with Crippen LogP contribution in [0.4, 0.5) is 0 Å². The number of aromatic nitrogens is 1. The maximum Gasteiger partial charge on any atom is 0.252 e. The topological polar surface area (TPSA) is 70.9 Å². The smallest absolute Gasteiger partial charge is 0.252 e. The molecule has 0 spiro atoms. The molecule has 0 aliphatic carbocycles. The molecule has 0 aliphatic rings. The first kappa shape index (κ1) is 13.6. The highest BCUT2D eigenvalue weighted by Crippen LogP contribution is 2.17. The number of nitrogens with two attached hydrogens (primary N) is 1. The number of hydrogen-bond acceptors (Lipinski definition) is 2. The van der Waals surface area contributed by atoms with Crippen LogP contribution in [0.15, 0.2) is 30.5 Å². The van der Waals surface area contributed by atoms with Crippen molar-refractivity contribution < 1.29 is 4.79 Å². The van der Waals surface area contributed by atoms with Crippen molar-refractivity contribution in [2.24, 2.45) is 11.7 Å². The van der Waals surface area contributed by atoms with Crippen LogP contribution in [-0.4, -0.2) is 23.5 Å². The van der Waals surface area contributed by atoms with Gasteiger partial charge < -0.3 is 16.0 Å². The van der Waals surface area contributed by atoms with Crippen LogP contribution in [0.2, 0.25) is 0 Å². The molecule has 1 aromatic heterocycles. The summed E-state index contributed by atoms with van der Waals surface area (Å²) in [6.45, 7) is 4.72. The van der Waals surface area contributed by atoms with E-state index in [2.05, 4.69) is 24.1 Å². The minimum absolute atomic E-state index is 0.0293. The van der Waals surface area contributed by atoms with Gasteiger partial charge in [-0.25, -0.2) is 0 Å². The molecule has 4 heteroatoms. The van der Waals surface area contributed by atoms with Crippen LogP contribution in [0.25, 0.3) is 10.9 Å². The van der Waals surface area contributed by atoms with E-state index < -0.39 is 0 Å². The van der Waals surface area contributed by atoms with E-state index in [0.29, 0.717) is 18.0 Å². The summed E-state index contributed by atoms with van der Waals surface area (Å²) in [6.07, 6.45) is 2.74. The lowest BCUT2D eigenvalue weighted by molar-refractivity contribution is 0.0935. The van der Waals surface area contributed by atoms with Gasteiger partial charge in [-0.05, 0) is 30.5 Å². The van der Waals surface area contributed by atoms with Crippen molar-refractivity contribution in [2.75, 3.05) is 6.54 Å². The van der Waals surface area contributed by atoms with Crippen LogP contribution in [0.5, 0.6) is 0 Å². The summed E-state index contributed by atoms with van der Waals surface area (Å²) in [5, 5.41) is 3.96. The van der Waals surface area contributed by atoms with E-state index in [1.165, 1.54) is 0 Å². The summed E-state index contributed by atoms with van der Waals surface area (Å²) in [4.78, 5) is 15.4. The number of carbonyl (C=O) groups is 1. The fourth-order valence-corrected chi connectivity index (χ4v) is 2.33. The fourth-order valence-electron chi connectivity index (χ4n) is 2.33. The summed E-state index contributed by atoms with van der Waals surface area (Å²) < 4.78 is 0. The highest BCUT2D eigenvalue weighted by Gasteiger charge is 2.15. The van der Waals surface area contributed by atoms with Gasteiger partial charge in [0, 0.05) is 35.2 Å². The molecule has 1 atom stereocenters. The summed E-state index contributed by atoms with van der Waals surface area (Å²) in [5.41, 5.74) is 7.39. The van der Waals surface area contributed by atoms with Gasteiger partial charge in [0.15, 0.2) is 0 Å². The Hall–Kier alpha value is -1.81. The van der Waals surface area contributed by atoms with Crippen LogP contribution >= 0.6 is 0 Å². The second kappa shape index (κ2) is 5.89. The largest absolute Gasteiger partial charge is 0.361 e. The van der Waals surface area contributed by atoms with Gasteiger partial charge in [0.1, 0.15) is 0 Å². The summed E-state index contributed by atoms with van der Waals surface area (Å²) in [5.74, 6) is 0.457. The number of fused-ring (bicyclic) bond motifs is 1. The molecule has 1 aromatic carbocycles. The first-order valence-electron chi connectivity index (χ1n) is 6.69. The van der Waals surface area contributed by atoms with E-state index in [4.69, 9.17) is 5.73 Å². The van der Waals surface area contributed by atoms with Crippen molar-refractivity contribution in [2.45, 2.75) is 26.3 Å². The second-order valence-electron chi connectivity index (χ2n) is 5.28. The molecule has 0 bridgehead atoms. The lowest BCUT2D eigenvalue weighted by atomic mass is 10.0. The van der Waals surface area contributed by atoms with Crippen molar-refractivity contribution in [1.29, 1.82) is 0 Å². The SMILES string of the molecule is CC(C)CC(CN)NC(=O)c1cccc2[nH]ccc12. The Balaban J connectivity index is 2.17. The van der Waals surface area contributed by atoms with Crippen LogP contribution in [0, 0.1) is 5.92 Å². The second-order valence-corrected chi connectivity index (χ2v) is 5.28. The average molecular weight is 259 g/mol. The lowest BCUT2D eigenvalue weighted by Crippen LogP contribution is -2.41. The number of nitrogens with one attached hydrogen (secondary N) is 2. The van der Waals surface area contributed by atoms with Crippen molar-refractivity contribution in [3.63, 3.8) is 0 Å². The van der Waals surface area contributed by atoms with Gasteiger partial charge in [0.2, 0.25) is 0 Å². The van der Waals surface area contributed by atoms with Gasteiger partial charge in [-0.1, -0.05) is 19.9 Å². The van der Waals surface area contributed by atoms with Gasteiger partial charge in [-0.15, -0.1) is 0 Å². The lowest BCUT2D eigenvalue weighted by Gasteiger charge is -2.19.